The van der Waals surface area contributed by atoms with Gasteiger partial charge in [0.1, 0.15) is 0 Å². The predicted octanol–water partition coefficient (Wildman–Crippen LogP) is 3.95. The van der Waals surface area contributed by atoms with Crippen molar-refractivity contribution in [1.82, 2.24) is 9.88 Å². The number of hydrogen-bond acceptors (Lipinski definition) is 3. The summed E-state index contributed by atoms with van der Waals surface area (Å²) in [6.07, 6.45) is 3.41. The highest BCUT2D eigenvalue weighted by atomic mass is 35.5. The van der Waals surface area contributed by atoms with E-state index in [4.69, 9.17) is 17.3 Å². The molecule has 0 aliphatic heterocycles. The lowest BCUT2D eigenvalue weighted by Crippen LogP contribution is -2.22. The molecule has 5 heteroatoms. The van der Waals surface area contributed by atoms with Crippen LogP contribution in [0.1, 0.15) is 35.0 Å². The maximum Gasteiger partial charge on any atom is 0.255 e. The van der Waals surface area contributed by atoms with Gasteiger partial charge in [-0.1, -0.05) is 24.6 Å². The van der Waals surface area contributed by atoms with Crippen LogP contribution in [-0.4, -0.2) is 29.9 Å². The zero-order chi connectivity index (χ0) is 17.4. The average Bonchev–Trinajstić information content (AvgIpc) is 2.88. The Labute approximate surface area is 146 Å². The Morgan fingerprint density at radius 3 is 2.71 bits per heavy atom. The Morgan fingerprint density at radius 1 is 1.29 bits per heavy atom. The fourth-order valence-corrected chi connectivity index (χ4v) is 3.36. The van der Waals surface area contributed by atoms with E-state index in [0.717, 1.165) is 39.4 Å². The van der Waals surface area contributed by atoms with Gasteiger partial charge in [-0.3, -0.25) is 9.78 Å². The highest BCUT2D eigenvalue weighted by Gasteiger charge is 2.21. The van der Waals surface area contributed by atoms with Crippen molar-refractivity contribution in [2.45, 2.75) is 19.8 Å². The van der Waals surface area contributed by atoms with E-state index >= 15 is 0 Å². The molecule has 1 amide bonds. The summed E-state index contributed by atoms with van der Waals surface area (Å²) in [7, 11) is 3.43. The van der Waals surface area contributed by atoms with Gasteiger partial charge in [-0.2, -0.15) is 0 Å². The van der Waals surface area contributed by atoms with E-state index in [1.54, 1.807) is 20.2 Å². The molecule has 3 rings (SSSR count). The maximum atomic E-state index is 12.3. The van der Waals surface area contributed by atoms with Gasteiger partial charge in [0.25, 0.3) is 5.91 Å². The van der Waals surface area contributed by atoms with E-state index < -0.39 is 0 Å². The van der Waals surface area contributed by atoms with Gasteiger partial charge >= 0.3 is 0 Å². The van der Waals surface area contributed by atoms with Crippen LogP contribution >= 0.6 is 11.6 Å². The molecule has 0 atom stereocenters. The second-order valence-corrected chi connectivity index (χ2v) is 6.59. The van der Waals surface area contributed by atoms with Crippen LogP contribution in [0.5, 0.6) is 0 Å². The van der Waals surface area contributed by atoms with Crippen molar-refractivity contribution in [2.75, 3.05) is 19.8 Å². The molecule has 4 nitrogen and oxygen atoms in total. The number of carbonyl (C=O) groups is 1. The molecular formula is C19H20ClN3O. The lowest BCUT2D eigenvalue weighted by Gasteiger charge is -2.14. The van der Waals surface area contributed by atoms with Crippen molar-refractivity contribution in [3.8, 4) is 11.1 Å². The largest absolute Gasteiger partial charge is 0.398 e. The Kier molecular flexibility index (Phi) is 4.33. The standard InChI is InChI=1S/C19H20ClN3O/c1-4-13-14-8-12(10-22-18(14)9-16(13)20)11-5-6-17(21)15(7-11)19(24)23(2)3/h5-8,10H,4,9,21H2,1-3H3. The first-order valence-electron chi connectivity index (χ1n) is 7.90. The van der Waals surface area contributed by atoms with Crippen molar-refractivity contribution in [2.24, 2.45) is 0 Å². The molecule has 0 unspecified atom stereocenters. The van der Waals surface area contributed by atoms with E-state index in [9.17, 15) is 4.79 Å². The van der Waals surface area contributed by atoms with E-state index in [2.05, 4.69) is 18.0 Å². The number of allylic oxidation sites excluding steroid dienone is 2. The SMILES string of the molecule is CCC1=C(Cl)Cc2ncc(-c3ccc(N)c(C(=O)N(C)C)c3)cc21. The normalized spacial score (nSPS) is 13.2. The van der Waals surface area contributed by atoms with Crippen LogP contribution < -0.4 is 5.73 Å². The summed E-state index contributed by atoms with van der Waals surface area (Å²) in [5, 5.41) is 0.873. The third-order valence-electron chi connectivity index (χ3n) is 4.32. The number of anilines is 1. The Hall–Kier alpha value is -2.33. The number of nitrogen functional groups attached to an aromatic ring is 1. The molecule has 0 saturated heterocycles. The highest BCUT2D eigenvalue weighted by molar-refractivity contribution is 6.33. The highest BCUT2D eigenvalue weighted by Crippen LogP contribution is 2.38. The number of amides is 1. The molecule has 0 spiro atoms. The zero-order valence-corrected chi connectivity index (χ0v) is 14.8. The van der Waals surface area contributed by atoms with Gasteiger partial charge in [-0.05, 0) is 35.8 Å². The molecule has 1 aliphatic carbocycles. The Balaban J connectivity index is 2.07. The van der Waals surface area contributed by atoms with Gasteiger partial charge < -0.3 is 10.6 Å². The van der Waals surface area contributed by atoms with Gasteiger partial charge in [0.15, 0.2) is 0 Å². The quantitative estimate of drug-likeness (QED) is 0.860. The fraction of sp³-hybridized carbons (Fsp3) is 0.263. The zero-order valence-electron chi connectivity index (χ0n) is 14.1. The topological polar surface area (TPSA) is 59.2 Å². The molecule has 2 N–H and O–H groups in total. The second kappa shape index (κ2) is 6.29. The van der Waals surface area contributed by atoms with Crippen LogP contribution in [-0.2, 0) is 6.42 Å². The first-order valence-corrected chi connectivity index (χ1v) is 8.28. The number of halogens is 1. The molecule has 1 aromatic heterocycles. The number of nitrogens with zero attached hydrogens (tertiary/aromatic N) is 2. The molecule has 2 aromatic rings. The van der Waals surface area contributed by atoms with Gasteiger partial charge in [-0.15, -0.1) is 0 Å². The number of fused-ring (bicyclic) bond motifs is 1. The average molecular weight is 342 g/mol. The third kappa shape index (κ3) is 2.78. The monoisotopic (exact) mass is 341 g/mol. The molecule has 1 aliphatic rings. The third-order valence-corrected chi connectivity index (χ3v) is 4.68. The minimum absolute atomic E-state index is 0.111. The van der Waals surface area contributed by atoms with E-state index in [-0.39, 0.29) is 5.91 Å². The maximum absolute atomic E-state index is 12.3. The minimum atomic E-state index is -0.111. The predicted molar refractivity (Wildman–Crippen MR) is 98.9 cm³/mol. The number of hydrogen-bond donors (Lipinski definition) is 1. The summed E-state index contributed by atoms with van der Waals surface area (Å²) >= 11 is 6.34. The first-order chi connectivity index (χ1) is 11.4. The lowest BCUT2D eigenvalue weighted by molar-refractivity contribution is 0.0828. The summed E-state index contributed by atoms with van der Waals surface area (Å²) in [5.41, 5.74) is 12.1. The van der Waals surface area contributed by atoms with Gasteiger partial charge in [0.2, 0.25) is 0 Å². The smallest absolute Gasteiger partial charge is 0.255 e. The molecule has 1 heterocycles. The van der Waals surface area contributed by atoms with Crippen LogP contribution in [0.3, 0.4) is 0 Å². The van der Waals surface area contributed by atoms with Crippen molar-refractivity contribution in [1.29, 1.82) is 0 Å². The molecule has 24 heavy (non-hydrogen) atoms. The van der Waals surface area contributed by atoms with E-state index in [1.165, 1.54) is 4.90 Å². The molecule has 0 bridgehead atoms. The summed E-state index contributed by atoms with van der Waals surface area (Å²) in [4.78, 5) is 18.4. The molecule has 124 valence electrons. The van der Waals surface area contributed by atoms with Crippen LogP contribution in [0.25, 0.3) is 16.7 Å². The van der Waals surface area contributed by atoms with Crippen LogP contribution in [0, 0.1) is 0 Å². The first kappa shape index (κ1) is 16.5. The van der Waals surface area contributed by atoms with E-state index in [0.29, 0.717) is 17.7 Å². The van der Waals surface area contributed by atoms with Crippen LogP contribution in [0.4, 0.5) is 5.69 Å². The Bertz CT molecular complexity index is 856. The number of carbonyl (C=O) groups excluding carboxylic acids is 1. The van der Waals surface area contributed by atoms with Gasteiger partial charge in [0.05, 0.1) is 11.3 Å². The van der Waals surface area contributed by atoms with Crippen LogP contribution in [0.15, 0.2) is 35.5 Å². The second-order valence-electron chi connectivity index (χ2n) is 6.13. The van der Waals surface area contributed by atoms with Gasteiger partial charge in [0, 0.05) is 48.6 Å². The summed E-state index contributed by atoms with van der Waals surface area (Å²) < 4.78 is 0. The number of benzene rings is 1. The van der Waals surface area contributed by atoms with Crippen molar-refractivity contribution >= 4 is 28.8 Å². The molecule has 1 aromatic carbocycles. The number of nitrogens with two attached hydrogens (primary N) is 1. The molecule has 0 radical (unpaired) electrons. The Morgan fingerprint density at radius 2 is 2.04 bits per heavy atom. The number of aromatic nitrogens is 1. The minimum Gasteiger partial charge on any atom is -0.398 e. The summed E-state index contributed by atoms with van der Waals surface area (Å²) in [6.45, 7) is 2.09. The number of rotatable bonds is 3. The van der Waals surface area contributed by atoms with Crippen molar-refractivity contribution < 1.29 is 4.79 Å². The van der Waals surface area contributed by atoms with Gasteiger partial charge in [-0.25, -0.2) is 0 Å². The van der Waals surface area contributed by atoms with Crippen molar-refractivity contribution in [3.63, 3.8) is 0 Å². The van der Waals surface area contributed by atoms with Crippen molar-refractivity contribution in [3.05, 3.63) is 52.3 Å². The lowest BCUT2D eigenvalue weighted by atomic mass is 9.99. The summed E-state index contributed by atoms with van der Waals surface area (Å²) in [6, 6.07) is 7.61. The molecule has 0 saturated carbocycles. The number of pyridine rings is 1. The van der Waals surface area contributed by atoms with E-state index in [1.807, 2.05) is 18.3 Å². The fourth-order valence-electron chi connectivity index (χ4n) is 3.00. The summed E-state index contributed by atoms with van der Waals surface area (Å²) in [5.74, 6) is -0.111. The van der Waals surface area contributed by atoms with Crippen LogP contribution in [0.2, 0.25) is 0 Å². The molecule has 0 fully saturated rings. The molecular weight excluding hydrogens is 322 g/mol.